The smallest absolute Gasteiger partial charge is 0.230 e. The number of hydrogen-bond acceptors (Lipinski definition) is 5. The van der Waals surface area contributed by atoms with Crippen molar-refractivity contribution >= 4 is 11.3 Å². The lowest BCUT2D eigenvalue weighted by atomic mass is 10.2. The molecule has 1 N–H and O–H groups in total. The van der Waals surface area contributed by atoms with E-state index >= 15 is 0 Å². The molecule has 0 unspecified atom stereocenters. The highest BCUT2D eigenvalue weighted by atomic mass is 32.1. The Hall–Kier alpha value is -1.20. The van der Waals surface area contributed by atoms with E-state index in [1.54, 1.807) is 11.3 Å². The van der Waals surface area contributed by atoms with Crippen LogP contribution in [0.2, 0.25) is 0 Å². The summed E-state index contributed by atoms with van der Waals surface area (Å²) < 4.78 is 5.60. The first-order chi connectivity index (χ1) is 8.90. The van der Waals surface area contributed by atoms with E-state index in [9.17, 15) is 0 Å². The normalized spacial score (nSPS) is 15.1. The molecule has 3 rings (SSSR count). The maximum Gasteiger partial charge on any atom is 0.230 e. The van der Waals surface area contributed by atoms with Crippen LogP contribution in [-0.2, 0) is 19.4 Å². The van der Waals surface area contributed by atoms with E-state index in [1.807, 2.05) is 0 Å². The van der Waals surface area contributed by atoms with Crippen LogP contribution >= 0.6 is 11.3 Å². The molecule has 0 saturated heterocycles. The lowest BCUT2D eigenvalue weighted by Gasteiger charge is -1.96. The van der Waals surface area contributed by atoms with E-state index in [1.165, 1.54) is 17.7 Å². The van der Waals surface area contributed by atoms with Gasteiger partial charge in [-0.3, -0.25) is 0 Å². The van der Waals surface area contributed by atoms with Gasteiger partial charge in [-0.05, 0) is 37.1 Å². The van der Waals surface area contributed by atoms with E-state index in [-0.39, 0.29) is 0 Å². The molecule has 18 heavy (non-hydrogen) atoms. The zero-order chi connectivity index (χ0) is 12.2. The van der Waals surface area contributed by atoms with Gasteiger partial charge in [0.25, 0.3) is 0 Å². The Morgan fingerprint density at radius 3 is 2.94 bits per heavy atom. The van der Waals surface area contributed by atoms with E-state index in [2.05, 4.69) is 33.0 Å². The van der Waals surface area contributed by atoms with E-state index in [0.29, 0.717) is 18.5 Å². The van der Waals surface area contributed by atoms with Crippen LogP contribution in [0.3, 0.4) is 0 Å². The quantitative estimate of drug-likeness (QED) is 0.834. The predicted octanol–water partition coefficient (Wildman–Crippen LogP) is 2.56. The van der Waals surface area contributed by atoms with Gasteiger partial charge in [-0.2, -0.15) is 0 Å². The minimum absolute atomic E-state index is 0.680. The Morgan fingerprint density at radius 2 is 2.17 bits per heavy atom. The second kappa shape index (κ2) is 5.63. The summed E-state index contributed by atoms with van der Waals surface area (Å²) in [7, 11) is 0. The fraction of sp³-hybridized carbons (Fsp3) is 0.538. The maximum atomic E-state index is 5.60. The molecule has 0 bridgehead atoms. The van der Waals surface area contributed by atoms with E-state index in [0.717, 1.165) is 25.2 Å². The highest BCUT2D eigenvalue weighted by molar-refractivity contribution is 7.09. The Morgan fingerprint density at radius 1 is 1.28 bits per heavy atom. The molecule has 2 heterocycles. The zero-order valence-corrected chi connectivity index (χ0v) is 11.1. The fourth-order valence-corrected chi connectivity index (χ4v) is 2.60. The largest absolute Gasteiger partial charge is 0.424 e. The summed E-state index contributed by atoms with van der Waals surface area (Å²) in [6.07, 6.45) is 5.59. The first-order valence-electron chi connectivity index (χ1n) is 6.47. The molecule has 5 heteroatoms. The van der Waals surface area contributed by atoms with Gasteiger partial charge in [0, 0.05) is 17.3 Å². The van der Waals surface area contributed by atoms with Crippen LogP contribution in [0.4, 0.5) is 0 Å². The lowest BCUT2D eigenvalue weighted by Crippen LogP contribution is -2.15. The Kier molecular flexibility index (Phi) is 3.71. The molecule has 0 atom stereocenters. The van der Waals surface area contributed by atoms with Gasteiger partial charge >= 0.3 is 0 Å². The van der Waals surface area contributed by atoms with E-state index in [4.69, 9.17) is 4.42 Å². The van der Waals surface area contributed by atoms with Crippen LogP contribution in [0.25, 0.3) is 0 Å². The van der Waals surface area contributed by atoms with Crippen LogP contribution in [-0.4, -0.2) is 16.2 Å². The topological polar surface area (TPSA) is 51.0 Å². The Labute approximate surface area is 110 Å². The number of aromatic nitrogens is 2. The molecule has 2 aromatic heterocycles. The monoisotopic (exact) mass is 263 g/mol. The van der Waals surface area contributed by atoms with Crippen molar-refractivity contribution < 1.29 is 4.42 Å². The summed E-state index contributed by atoms with van der Waals surface area (Å²) in [5.74, 6) is 1.48. The van der Waals surface area contributed by atoms with Gasteiger partial charge in [0.2, 0.25) is 11.8 Å². The number of hydrogen-bond donors (Lipinski definition) is 1. The van der Waals surface area contributed by atoms with Crippen LogP contribution in [0.1, 0.15) is 35.9 Å². The molecule has 96 valence electrons. The lowest BCUT2D eigenvalue weighted by molar-refractivity contribution is 0.428. The standard InChI is InChI=1S/C13H17N3OS/c1(3-11-4-2-8-18-11)5-12-15-16-13(17-12)9-14-10-6-7-10/h2,4,8,10,14H,1,3,5-7,9H2. The highest BCUT2D eigenvalue weighted by Crippen LogP contribution is 2.19. The second-order valence-electron chi connectivity index (χ2n) is 4.68. The summed E-state index contributed by atoms with van der Waals surface area (Å²) in [6.45, 7) is 0.711. The molecule has 0 aromatic carbocycles. The van der Waals surface area contributed by atoms with Crippen LogP contribution in [0.15, 0.2) is 21.9 Å². The van der Waals surface area contributed by atoms with Crippen LogP contribution in [0, 0.1) is 0 Å². The summed E-state index contributed by atoms with van der Waals surface area (Å²) in [5.41, 5.74) is 0. The molecule has 1 fully saturated rings. The summed E-state index contributed by atoms with van der Waals surface area (Å²) >= 11 is 1.80. The highest BCUT2D eigenvalue weighted by Gasteiger charge is 2.21. The first-order valence-corrected chi connectivity index (χ1v) is 7.35. The Balaban J connectivity index is 1.41. The van der Waals surface area contributed by atoms with E-state index < -0.39 is 0 Å². The molecule has 0 radical (unpaired) electrons. The van der Waals surface area contributed by atoms with Gasteiger partial charge < -0.3 is 9.73 Å². The molecule has 1 saturated carbocycles. The molecule has 2 aromatic rings. The summed E-state index contributed by atoms with van der Waals surface area (Å²) in [6, 6.07) is 4.94. The van der Waals surface area contributed by atoms with Crippen molar-refractivity contribution in [3.05, 3.63) is 34.2 Å². The molecule has 0 aliphatic heterocycles. The van der Waals surface area contributed by atoms with Gasteiger partial charge in [-0.1, -0.05) is 6.07 Å². The molecule has 0 spiro atoms. The van der Waals surface area contributed by atoms with Crippen molar-refractivity contribution in [2.24, 2.45) is 0 Å². The SMILES string of the molecule is c1csc(CCCc2nnc(CNC3CC3)o2)c1. The average molecular weight is 263 g/mol. The molecule has 4 nitrogen and oxygen atoms in total. The second-order valence-corrected chi connectivity index (χ2v) is 5.71. The third-order valence-electron chi connectivity index (χ3n) is 3.02. The minimum Gasteiger partial charge on any atom is -0.424 e. The zero-order valence-electron chi connectivity index (χ0n) is 10.3. The first kappa shape index (κ1) is 11.9. The van der Waals surface area contributed by atoms with Crippen LogP contribution < -0.4 is 5.32 Å². The third kappa shape index (κ3) is 3.40. The number of aryl methyl sites for hydroxylation is 2. The third-order valence-corrected chi connectivity index (χ3v) is 3.96. The number of nitrogens with zero attached hydrogens (tertiary/aromatic N) is 2. The van der Waals surface area contributed by atoms with Gasteiger partial charge in [0.05, 0.1) is 6.54 Å². The molecule has 1 aliphatic rings. The van der Waals surface area contributed by atoms with Gasteiger partial charge in [-0.25, -0.2) is 0 Å². The van der Waals surface area contributed by atoms with Gasteiger partial charge in [0.15, 0.2) is 0 Å². The molecule has 0 amide bonds. The molecular weight excluding hydrogens is 246 g/mol. The fourth-order valence-electron chi connectivity index (χ4n) is 1.85. The molecule has 1 aliphatic carbocycles. The average Bonchev–Trinajstić information content (AvgIpc) is 2.89. The van der Waals surface area contributed by atoms with Crippen molar-refractivity contribution in [2.45, 2.75) is 44.7 Å². The number of nitrogens with one attached hydrogen (secondary N) is 1. The van der Waals surface area contributed by atoms with Crippen molar-refractivity contribution in [3.8, 4) is 0 Å². The minimum atomic E-state index is 0.680. The van der Waals surface area contributed by atoms with Crippen molar-refractivity contribution in [3.63, 3.8) is 0 Å². The number of thiophene rings is 1. The molecular formula is C13H17N3OS. The summed E-state index contributed by atoms with van der Waals surface area (Å²) in [5, 5.41) is 13.6. The summed E-state index contributed by atoms with van der Waals surface area (Å²) in [4.78, 5) is 1.42. The number of rotatable bonds is 7. The van der Waals surface area contributed by atoms with Crippen molar-refractivity contribution in [2.75, 3.05) is 0 Å². The van der Waals surface area contributed by atoms with Crippen LogP contribution in [0.5, 0.6) is 0 Å². The van der Waals surface area contributed by atoms with Crippen molar-refractivity contribution in [1.82, 2.24) is 15.5 Å². The van der Waals surface area contributed by atoms with Gasteiger partial charge in [0.1, 0.15) is 0 Å². The van der Waals surface area contributed by atoms with Gasteiger partial charge in [-0.15, -0.1) is 21.5 Å². The Bertz CT molecular complexity index is 476. The maximum absolute atomic E-state index is 5.60. The predicted molar refractivity (Wildman–Crippen MR) is 70.5 cm³/mol. The van der Waals surface area contributed by atoms with Crippen molar-refractivity contribution in [1.29, 1.82) is 0 Å².